The molecule has 3 N–H and O–H groups in total. The molecule has 0 aromatic heterocycles. The standard InChI is InChI=1S/C17H13BrN2O3/c18-11-5-6-12-13(7-11)14(17(23)20-16(12)22)9-19-8-10-3-1-2-4-15(10)21/h1-7,9,19,21H,8H2,(H,20,22,23)/b14-9-. The molecule has 0 radical (unpaired) electrons. The van der Waals surface area contributed by atoms with E-state index in [4.69, 9.17) is 0 Å². The lowest BCUT2D eigenvalue weighted by Gasteiger charge is -2.18. The number of phenols is 1. The summed E-state index contributed by atoms with van der Waals surface area (Å²) in [7, 11) is 0. The smallest absolute Gasteiger partial charge is 0.260 e. The van der Waals surface area contributed by atoms with E-state index in [1.165, 1.54) is 0 Å². The molecule has 2 aromatic carbocycles. The third-order valence-corrected chi connectivity index (χ3v) is 4.01. The molecule has 3 rings (SSSR count). The predicted octanol–water partition coefficient (Wildman–Crippen LogP) is 2.56. The van der Waals surface area contributed by atoms with Crippen LogP contribution in [0.5, 0.6) is 5.75 Å². The van der Waals surface area contributed by atoms with Crippen LogP contribution in [0.4, 0.5) is 0 Å². The molecule has 0 saturated carbocycles. The number of hydrogen-bond donors (Lipinski definition) is 3. The van der Waals surface area contributed by atoms with Crippen molar-refractivity contribution in [2.45, 2.75) is 6.54 Å². The first-order valence-electron chi connectivity index (χ1n) is 6.92. The van der Waals surface area contributed by atoms with Gasteiger partial charge < -0.3 is 10.4 Å². The van der Waals surface area contributed by atoms with Crippen LogP contribution in [-0.4, -0.2) is 16.9 Å². The van der Waals surface area contributed by atoms with Gasteiger partial charge >= 0.3 is 0 Å². The highest BCUT2D eigenvalue weighted by Crippen LogP contribution is 2.27. The number of halogens is 1. The van der Waals surface area contributed by atoms with Crippen LogP contribution in [0.1, 0.15) is 21.5 Å². The molecular formula is C17H13BrN2O3. The Labute approximate surface area is 141 Å². The lowest BCUT2D eigenvalue weighted by molar-refractivity contribution is -0.114. The number of benzene rings is 2. The van der Waals surface area contributed by atoms with Gasteiger partial charge in [0.05, 0.1) is 5.57 Å². The number of nitrogens with one attached hydrogen (secondary N) is 2. The molecule has 1 heterocycles. The summed E-state index contributed by atoms with van der Waals surface area (Å²) >= 11 is 3.35. The molecule has 6 heteroatoms. The number of amides is 2. The van der Waals surface area contributed by atoms with Gasteiger partial charge in [-0.1, -0.05) is 34.1 Å². The Morgan fingerprint density at radius 3 is 2.65 bits per heavy atom. The molecule has 2 aromatic rings. The average molecular weight is 373 g/mol. The van der Waals surface area contributed by atoms with Crippen molar-refractivity contribution in [3.63, 3.8) is 0 Å². The maximum atomic E-state index is 12.1. The van der Waals surface area contributed by atoms with Gasteiger partial charge in [0.15, 0.2) is 0 Å². The van der Waals surface area contributed by atoms with Crippen molar-refractivity contribution in [3.8, 4) is 5.75 Å². The van der Waals surface area contributed by atoms with E-state index in [0.29, 0.717) is 28.8 Å². The molecule has 0 fully saturated rings. The van der Waals surface area contributed by atoms with Crippen LogP contribution < -0.4 is 10.6 Å². The summed E-state index contributed by atoms with van der Waals surface area (Å²) in [6, 6.07) is 12.1. The van der Waals surface area contributed by atoms with Crippen molar-refractivity contribution in [1.29, 1.82) is 0 Å². The molecule has 1 aliphatic heterocycles. The van der Waals surface area contributed by atoms with Gasteiger partial charge in [-0.2, -0.15) is 0 Å². The van der Waals surface area contributed by atoms with E-state index in [1.54, 1.807) is 42.6 Å². The third-order valence-electron chi connectivity index (χ3n) is 3.52. The van der Waals surface area contributed by atoms with E-state index < -0.39 is 11.8 Å². The minimum absolute atomic E-state index is 0.185. The Balaban J connectivity index is 1.88. The minimum Gasteiger partial charge on any atom is -0.508 e. The van der Waals surface area contributed by atoms with Crippen LogP contribution in [0.3, 0.4) is 0 Å². The van der Waals surface area contributed by atoms with Crippen molar-refractivity contribution < 1.29 is 14.7 Å². The lowest BCUT2D eigenvalue weighted by atomic mass is 9.95. The molecule has 0 atom stereocenters. The van der Waals surface area contributed by atoms with Crippen LogP contribution in [0.25, 0.3) is 5.57 Å². The van der Waals surface area contributed by atoms with Gasteiger partial charge in [0.25, 0.3) is 11.8 Å². The molecule has 0 bridgehead atoms. The van der Waals surface area contributed by atoms with Crippen molar-refractivity contribution in [1.82, 2.24) is 10.6 Å². The van der Waals surface area contributed by atoms with Crippen molar-refractivity contribution in [2.75, 3.05) is 0 Å². The highest BCUT2D eigenvalue weighted by atomic mass is 79.9. The van der Waals surface area contributed by atoms with Crippen LogP contribution in [0, 0.1) is 0 Å². The number of rotatable bonds is 3. The van der Waals surface area contributed by atoms with Gasteiger partial charge in [0.1, 0.15) is 5.75 Å². The van der Waals surface area contributed by atoms with Gasteiger partial charge in [-0.15, -0.1) is 0 Å². The monoisotopic (exact) mass is 372 g/mol. The van der Waals surface area contributed by atoms with E-state index in [9.17, 15) is 14.7 Å². The van der Waals surface area contributed by atoms with Crippen molar-refractivity contribution in [3.05, 3.63) is 69.8 Å². The molecule has 116 valence electrons. The fourth-order valence-corrected chi connectivity index (χ4v) is 2.73. The number of imide groups is 1. The SMILES string of the molecule is O=C1NC(=O)c2ccc(Br)cc2/C1=C/NCc1ccccc1O. The molecule has 0 aliphatic carbocycles. The van der Waals surface area contributed by atoms with Crippen LogP contribution in [-0.2, 0) is 11.3 Å². The fraction of sp³-hybridized carbons (Fsp3) is 0.0588. The number of aromatic hydroxyl groups is 1. The zero-order chi connectivity index (χ0) is 16.4. The Morgan fingerprint density at radius 2 is 1.87 bits per heavy atom. The number of fused-ring (bicyclic) bond motifs is 1. The number of hydrogen-bond acceptors (Lipinski definition) is 4. The number of para-hydroxylation sites is 1. The van der Waals surface area contributed by atoms with Crippen molar-refractivity contribution >= 4 is 33.3 Å². The van der Waals surface area contributed by atoms with Gasteiger partial charge in [-0.05, 0) is 24.3 Å². The first-order chi connectivity index (χ1) is 11.1. The zero-order valence-electron chi connectivity index (χ0n) is 12.0. The second-order valence-electron chi connectivity index (χ2n) is 5.04. The topological polar surface area (TPSA) is 78.4 Å². The van der Waals surface area contributed by atoms with Crippen molar-refractivity contribution in [2.24, 2.45) is 0 Å². The first kappa shape index (κ1) is 15.3. The predicted molar refractivity (Wildman–Crippen MR) is 89.5 cm³/mol. The lowest BCUT2D eigenvalue weighted by Crippen LogP contribution is -2.37. The molecule has 1 aliphatic rings. The summed E-state index contributed by atoms with van der Waals surface area (Å²) in [6.45, 7) is 0.362. The number of carbonyl (C=O) groups is 2. The maximum absolute atomic E-state index is 12.1. The van der Waals surface area contributed by atoms with E-state index in [2.05, 4.69) is 26.6 Å². The second kappa shape index (κ2) is 6.26. The maximum Gasteiger partial charge on any atom is 0.260 e. The Morgan fingerprint density at radius 1 is 1.09 bits per heavy atom. The molecule has 0 saturated heterocycles. The third kappa shape index (κ3) is 3.12. The van der Waals surface area contributed by atoms with E-state index in [0.717, 1.165) is 4.47 Å². The average Bonchev–Trinajstić information content (AvgIpc) is 2.52. The summed E-state index contributed by atoms with van der Waals surface area (Å²) in [5.41, 5.74) is 2.10. The van der Waals surface area contributed by atoms with Crippen LogP contribution in [0.2, 0.25) is 0 Å². The van der Waals surface area contributed by atoms with E-state index in [-0.39, 0.29) is 5.75 Å². The van der Waals surface area contributed by atoms with Crippen LogP contribution in [0.15, 0.2) is 53.1 Å². The molecule has 2 amide bonds. The number of phenolic OH excluding ortho intramolecular Hbond substituents is 1. The highest BCUT2D eigenvalue weighted by Gasteiger charge is 2.27. The molecule has 0 spiro atoms. The summed E-state index contributed by atoms with van der Waals surface area (Å²) in [5, 5.41) is 15.1. The summed E-state index contributed by atoms with van der Waals surface area (Å²) < 4.78 is 0.783. The molecular weight excluding hydrogens is 360 g/mol. The Kier molecular flexibility index (Phi) is 4.16. The quantitative estimate of drug-likeness (QED) is 0.571. The zero-order valence-corrected chi connectivity index (χ0v) is 13.6. The van der Waals surface area contributed by atoms with E-state index in [1.807, 2.05) is 6.07 Å². The highest BCUT2D eigenvalue weighted by molar-refractivity contribution is 9.10. The number of carbonyl (C=O) groups excluding carboxylic acids is 2. The van der Waals surface area contributed by atoms with E-state index >= 15 is 0 Å². The molecule has 5 nitrogen and oxygen atoms in total. The fourth-order valence-electron chi connectivity index (χ4n) is 2.36. The second-order valence-corrected chi connectivity index (χ2v) is 5.96. The van der Waals surface area contributed by atoms with Gasteiger partial charge in [-0.3, -0.25) is 14.9 Å². The summed E-state index contributed by atoms with van der Waals surface area (Å²) in [5.74, 6) is -0.675. The minimum atomic E-state index is -0.453. The molecule has 0 unspecified atom stereocenters. The normalized spacial score (nSPS) is 15.3. The van der Waals surface area contributed by atoms with Gasteiger partial charge in [-0.25, -0.2) is 0 Å². The summed E-state index contributed by atoms with van der Waals surface area (Å²) in [4.78, 5) is 23.9. The summed E-state index contributed by atoms with van der Waals surface area (Å²) in [6.07, 6.45) is 1.56. The first-order valence-corrected chi connectivity index (χ1v) is 7.71. The Bertz CT molecular complexity index is 830. The largest absolute Gasteiger partial charge is 0.508 e. The molecule has 23 heavy (non-hydrogen) atoms. The Hall–Kier alpha value is -2.60. The van der Waals surface area contributed by atoms with Gasteiger partial charge in [0, 0.05) is 33.9 Å². The van der Waals surface area contributed by atoms with Crippen LogP contribution >= 0.6 is 15.9 Å². The van der Waals surface area contributed by atoms with Gasteiger partial charge in [0.2, 0.25) is 0 Å².